The fourth-order valence-electron chi connectivity index (χ4n) is 3.30. The maximum Gasteiger partial charge on any atom is 0.334 e. The van der Waals surface area contributed by atoms with Crippen molar-refractivity contribution >= 4 is 23.5 Å². The second kappa shape index (κ2) is 6.88. The van der Waals surface area contributed by atoms with Gasteiger partial charge < -0.3 is 10.4 Å². The summed E-state index contributed by atoms with van der Waals surface area (Å²) in [4.78, 5) is 24.9. The molecule has 0 spiro atoms. The molecule has 0 radical (unpaired) electrons. The van der Waals surface area contributed by atoms with Gasteiger partial charge in [-0.2, -0.15) is 5.10 Å². The Kier molecular flexibility index (Phi) is 4.81. The van der Waals surface area contributed by atoms with E-state index < -0.39 is 17.4 Å². The van der Waals surface area contributed by atoms with Gasteiger partial charge in [-0.25, -0.2) is 4.79 Å². The monoisotopic (exact) mass is 361 g/mol. The van der Waals surface area contributed by atoms with Gasteiger partial charge in [-0.3, -0.25) is 9.48 Å². The number of amides is 1. The van der Waals surface area contributed by atoms with Crippen LogP contribution in [0.15, 0.2) is 30.5 Å². The number of carboxylic acids is 1. The molecule has 0 fully saturated rings. The first kappa shape index (κ1) is 17.5. The number of halogens is 1. The molecule has 3 rings (SSSR count). The molecule has 6 nitrogen and oxygen atoms in total. The summed E-state index contributed by atoms with van der Waals surface area (Å²) in [5, 5.41) is 17.4. The van der Waals surface area contributed by atoms with Gasteiger partial charge in [0.05, 0.1) is 17.5 Å². The van der Waals surface area contributed by atoms with Crippen LogP contribution in [0.25, 0.3) is 0 Å². The number of aliphatic carboxylic acids is 1. The van der Waals surface area contributed by atoms with E-state index in [-0.39, 0.29) is 6.42 Å². The molecule has 1 aromatic heterocycles. The third-order valence-electron chi connectivity index (χ3n) is 4.79. The molecule has 25 heavy (non-hydrogen) atoms. The lowest BCUT2D eigenvalue weighted by Crippen LogP contribution is -2.51. The van der Waals surface area contributed by atoms with Crippen molar-refractivity contribution in [1.82, 2.24) is 15.1 Å². The van der Waals surface area contributed by atoms with E-state index in [9.17, 15) is 14.7 Å². The number of rotatable bonds is 5. The number of carbonyl (C=O) groups is 2. The van der Waals surface area contributed by atoms with Crippen LogP contribution in [0.2, 0.25) is 5.02 Å². The number of nitrogens with one attached hydrogen (secondary N) is 1. The number of hydrogen-bond acceptors (Lipinski definition) is 3. The van der Waals surface area contributed by atoms with E-state index in [0.717, 1.165) is 31.5 Å². The summed E-state index contributed by atoms with van der Waals surface area (Å²) in [6.45, 7) is 2.52. The van der Waals surface area contributed by atoms with E-state index in [1.807, 2.05) is 4.68 Å². The number of hydrogen-bond donors (Lipinski definition) is 2. The molecule has 2 aromatic rings. The van der Waals surface area contributed by atoms with Crippen LogP contribution in [0.4, 0.5) is 0 Å². The second-order valence-electron chi connectivity index (χ2n) is 6.21. The van der Waals surface area contributed by atoms with Gasteiger partial charge in [0.15, 0.2) is 5.54 Å². The highest BCUT2D eigenvalue weighted by Crippen LogP contribution is 2.28. The number of benzene rings is 1. The molecular formula is C18H20ClN3O3. The molecule has 1 amide bonds. The van der Waals surface area contributed by atoms with Crippen LogP contribution >= 0.6 is 11.6 Å². The summed E-state index contributed by atoms with van der Waals surface area (Å²) < 4.78 is 1.83. The number of carbonyl (C=O) groups excluding carboxylic acids is 1. The Morgan fingerprint density at radius 3 is 2.68 bits per heavy atom. The predicted molar refractivity (Wildman–Crippen MR) is 93.7 cm³/mol. The average molecular weight is 362 g/mol. The van der Waals surface area contributed by atoms with Gasteiger partial charge >= 0.3 is 5.97 Å². The topological polar surface area (TPSA) is 84.2 Å². The predicted octanol–water partition coefficient (Wildman–Crippen LogP) is 2.99. The highest BCUT2D eigenvalue weighted by Gasteiger charge is 2.41. The summed E-state index contributed by atoms with van der Waals surface area (Å²) in [6, 6.07) is 6.51. The van der Waals surface area contributed by atoms with Crippen molar-refractivity contribution in [2.45, 2.75) is 44.7 Å². The maximum atomic E-state index is 12.8. The molecule has 1 aromatic carbocycles. The Morgan fingerprint density at radius 2 is 2.04 bits per heavy atom. The molecule has 0 saturated carbocycles. The van der Waals surface area contributed by atoms with Crippen LogP contribution in [0.5, 0.6) is 0 Å². The van der Waals surface area contributed by atoms with Gasteiger partial charge in [0, 0.05) is 11.6 Å². The molecule has 132 valence electrons. The second-order valence-corrected chi connectivity index (χ2v) is 6.65. The Morgan fingerprint density at radius 1 is 1.32 bits per heavy atom. The van der Waals surface area contributed by atoms with Gasteiger partial charge in [-0.1, -0.05) is 30.7 Å². The molecule has 0 saturated heterocycles. The van der Waals surface area contributed by atoms with Crippen LogP contribution < -0.4 is 5.32 Å². The molecule has 2 N–H and O–H groups in total. The molecule has 0 aliphatic carbocycles. The molecule has 1 aliphatic heterocycles. The third kappa shape index (κ3) is 3.14. The lowest BCUT2D eigenvalue weighted by molar-refractivity contribution is -0.145. The van der Waals surface area contributed by atoms with Crippen LogP contribution in [-0.4, -0.2) is 26.8 Å². The van der Waals surface area contributed by atoms with Crippen LogP contribution in [0, 0.1) is 0 Å². The zero-order valence-corrected chi connectivity index (χ0v) is 14.7. The molecular weight excluding hydrogens is 342 g/mol. The third-order valence-corrected chi connectivity index (χ3v) is 5.04. The van der Waals surface area contributed by atoms with Crippen LogP contribution in [0.1, 0.15) is 47.8 Å². The van der Waals surface area contributed by atoms with Gasteiger partial charge in [-0.15, -0.1) is 0 Å². The number of nitrogens with zero attached hydrogens (tertiary/aromatic N) is 2. The molecule has 2 heterocycles. The molecule has 1 atom stereocenters. The lowest BCUT2D eigenvalue weighted by atomic mass is 9.86. The minimum absolute atomic E-state index is 0.208. The van der Waals surface area contributed by atoms with Gasteiger partial charge in [0.1, 0.15) is 0 Å². The average Bonchev–Trinajstić information content (AvgIpc) is 3.04. The summed E-state index contributed by atoms with van der Waals surface area (Å²) in [7, 11) is 0. The molecule has 1 aliphatic rings. The van der Waals surface area contributed by atoms with Crippen molar-refractivity contribution in [1.29, 1.82) is 0 Å². The maximum absolute atomic E-state index is 12.8. The van der Waals surface area contributed by atoms with E-state index in [2.05, 4.69) is 10.4 Å². The minimum atomic E-state index is -1.51. The summed E-state index contributed by atoms with van der Waals surface area (Å²) in [5.74, 6) is -1.52. The normalized spacial score (nSPS) is 15.9. The number of aryl methyl sites for hydroxylation is 1. The quantitative estimate of drug-likeness (QED) is 0.857. The van der Waals surface area contributed by atoms with Crippen molar-refractivity contribution in [3.63, 3.8) is 0 Å². The standard InChI is InChI=1S/C18H20ClN3O3/c1-2-18(17(24)25,12-6-8-13(19)9-7-12)21-16(23)14-11-20-22-10-4-3-5-15(14)22/h6-9,11H,2-5,10H2,1H3,(H,21,23)(H,24,25). The van der Waals surface area contributed by atoms with Crippen LogP contribution in [-0.2, 0) is 23.3 Å². The highest BCUT2D eigenvalue weighted by molar-refractivity contribution is 6.30. The SMILES string of the molecule is CCC(NC(=O)c1cnn2c1CCCC2)(C(=O)O)c1ccc(Cl)cc1. The van der Waals surface area contributed by atoms with Crippen molar-refractivity contribution in [3.8, 4) is 0 Å². The van der Waals surface area contributed by atoms with Gasteiger partial charge in [0.25, 0.3) is 5.91 Å². The van der Waals surface area contributed by atoms with E-state index in [4.69, 9.17) is 11.6 Å². The first-order valence-electron chi connectivity index (χ1n) is 8.34. The largest absolute Gasteiger partial charge is 0.479 e. The highest BCUT2D eigenvalue weighted by atomic mass is 35.5. The molecule has 1 unspecified atom stereocenters. The fraction of sp³-hybridized carbons (Fsp3) is 0.389. The van der Waals surface area contributed by atoms with Crippen molar-refractivity contribution in [3.05, 3.63) is 52.3 Å². The van der Waals surface area contributed by atoms with Gasteiger partial charge in [0.2, 0.25) is 0 Å². The minimum Gasteiger partial charge on any atom is -0.479 e. The Bertz CT molecular complexity index is 800. The summed E-state index contributed by atoms with van der Waals surface area (Å²) >= 11 is 5.91. The van der Waals surface area contributed by atoms with E-state index in [0.29, 0.717) is 16.1 Å². The van der Waals surface area contributed by atoms with E-state index in [1.54, 1.807) is 31.2 Å². The molecule has 7 heteroatoms. The fourth-order valence-corrected chi connectivity index (χ4v) is 3.43. The van der Waals surface area contributed by atoms with E-state index in [1.165, 1.54) is 6.20 Å². The zero-order valence-electron chi connectivity index (χ0n) is 14.0. The van der Waals surface area contributed by atoms with Crippen LogP contribution in [0.3, 0.4) is 0 Å². The summed E-state index contributed by atoms with van der Waals surface area (Å²) in [5.41, 5.74) is 0.301. The first-order valence-corrected chi connectivity index (χ1v) is 8.72. The van der Waals surface area contributed by atoms with Crippen molar-refractivity contribution in [2.75, 3.05) is 0 Å². The zero-order chi connectivity index (χ0) is 18.0. The summed E-state index contributed by atoms with van der Waals surface area (Å²) in [6.07, 6.45) is 4.55. The number of carboxylic acid groups (broad SMARTS) is 1. The lowest BCUT2D eigenvalue weighted by Gasteiger charge is -2.30. The number of aromatic nitrogens is 2. The Balaban J connectivity index is 1.95. The van der Waals surface area contributed by atoms with E-state index >= 15 is 0 Å². The Hall–Kier alpha value is -2.34. The molecule has 0 bridgehead atoms. The smallest absolute Gasteiger partial charge is 0.334 e. The Labute approximate surface area is 150 Å². The van der Waals surface area contributed by atoms with Crippen molar-refractivity contribution < 1.29 is 14.7 Å². The van der Waals surface area contributed by atoms with Crippen molar-refractivity contribution in [2.24, 2.45) is 0 Å². The van der Waals surface area contributed by atoms with Gasteiger partial charge in [-0.05, 0) is 43.4 Å². The first-order chi connectivity index (χ1) is 12.0. The number of fused-ring (bicyclic) bond motifs is 1.